The second-order valence-electron chi connectivity index (χ2n) is 3.31. The Labute approximate surface area is 87.3 Å². The molecule has 0 atom stereocenters. The molecule has 0 heterocycles. The van der Waals surface area contributed by atoms with E-state index in [0.29, 0.717) is 5.33 Å². The van der Waals surface area contributed by atoms with Crippen LogP contribution in [0.4, 0.5) is 0 Å². The van der Waals surface area contributed by atoms with Gasteiger partial charge >= 0.3 is 0 Å². The predicted octanol–water partition coefficient (Wildman–Crippen LogP) is 3.19. The molecule has 0 N–H and O–H groups in total. The Balaban J connectivity index is 3.23. The second kappa shape index (κ2) is 4.05. The Morgan fingerprint density at radius 3 is 2.23 bits per heavy atom. The fourth-order valence-corrected chi connectivity index (χ4v) is 1.63. The van der Waals surface area contributed by atoms with Crippen molar-refractivity contribution in [1.29, 1.82) is 0 Å². The maximum absolute atomic E-state index is 11.5. The molecule has 2 heteroatoms. The number of hydrogen-bond acceptors (Lipinski definition) is 1. The SMILES string of the molecule is Cc1cc(C)c(C(=O)CBr)cc1C. The van der Waals surface area contributed by atoms with Crippen LogP contribution in [0.5, 0.6) is 0 Å². The Morgan fingerprint density at radius 1 is 1.15 bits per heavy atom. The molecule has 1 rings (SSSR count). The van der Waals surface area contributed by atoms with E-state index < -0.39 is 0 Å². The molecule has 0 aliphatic carbocycles. The summed E-state index contributed by atoms with van der Waals surface area (Å²) in [6.45, 7) is 6.06. The summed E-state index contributed by atoms with van der Waals surface area (Å²) in [4.78, 5) is 11.5. The zero-order valence-electron chi connectivity index (χ0n) is 8.15. The molecule has 1 aromatic carbocycles. The quantitative estimate of drug-likeness (QED) is 0.574. The van der Waals surface area contributed by atoms with Gasteiger partial charge in [-0.15, -0.1) is 0 Å². The van der Waals surface area contributed by atoms with Gasteiger partial charge in [0.25, 0.3) is 0 Å². The summed E-state index contributed by atoms with van der Waals surface area (Å²) < 4.78 is 0. The van der Waals surface area contributed by atoms with Crippen LogP contribution in [0.25, 0.3) is 0 Å². The van der Waals surface area contributed by atoms with Crippen LogP contribution in [0.1, 0.15) is 27.0 Å². The molecule has 0 amide bonds. The van der Waals surface area contributed by atoms with Gasteiger partial charge in [0.2, 0.25) is 0 Å². The highest BCUT2D eigenvalue weighted by Crippen LogP contribution is 2.16. The first-order valence-corrected chi connectivity index (χ1v) is 5.35. The van der Waals surface area contributed by atoms with Crippen LogP contribution in [0.3, 0.4) is 0 Å². The lowest BCUT2D eigenvalue weighted by atomic mass is 9.99. The van der Waals surface area contributed by atoms with Crippen LogP contribution in [-0.4, -0.2) is 11.1 Å². The van der Waals surface area contributed by atoms with Gasteiger partial charge in [-0.1, -0.05) is 22.0 Å². The summed E-state index contributed by atoms with van der Waals surface area (Å²) >= 11 is 3.18. The topological polar surface area (TPSA) is 17.1 Å². The van der Waals surface area contributed by atoms with Crippen molar-refractivity contribution in [2.75, 3.05) is 5.33 Å². The molecule has 0 saturated heterocycles. The number of hydrogen-bond donors (Lipinski definition) is 0. The van der Waals surface area contributed by atoms with Crippen LogP contribution >= 0.6 is 15.9 Å². The van der Waals surface area contributed by atoms with E-state index >= 15 is 0 Å². The zero-order valence-corrected chi connectivity index (χ0v) is 9.73. The van der Waals surface area contributed by atoms with Crippen molar-refractivity contribution in [3.63, 3.8) is 0 Å². The maximum atomic E-state index is 11.5. The summed E-state index contributed by atoms with van der Waals surface area (Å²) in [6.07, 6.45) is 0. The number of ketones is 1. The lowest BCUT2D eigenvalue weighted by molar-refractivity contribution is 0.102. The van der Waals surface area contributed by atoms with E-state index in [9.17, 15) is 4.79 Å². The summed E-state index contributed by atoms with van der Waals surface area (Å²) in [7, 11) is 0. The van der Waals surface area contributed by atoms with Crippen molar-refractivity contribution in [2.45, 2.75) is 20.8 Å². The molecule has 70 valence electrons. The molecular weight excluding hydrogens is 228 g/mol. The molecule has 0 bridgehead atoms. The van der Waals surface area contributed by atoms with Gasteiger partial charge in [0.05, 0.1) is 5.33 Å². The number of benzene rings is 1. The van der Waals surface area contributed by atoms with Crippen LogP contribution in [-0.2, 0) is 0 Å². The highest BCUT2D eigenvalue weighted by molar-refractivity contribution is 9.09. The molecule has 1 aromatic rings. The van der Waals surface area contributed by atoms with E-state index in [4.69, 9.17) is 0 Å². The lowest BCUT2D eigenvalue weighted by Gasteiger charge is -2.07. The largest absolute Gasteiger partial charge is 0.293 e. The highest BCUT2D eigenvalue weighted by Gasteiger charge is 2.08. The van der Waals surface area contributed by atoms with Gasteiger partial charge in [-0.3, -0.25) is 4.79 Å². The summed E-state index contributed by atoms with van der Waals surface area (Å²) in [6, 6.07) is 4.03. The minimum atomic E-state index is 0.153. The Kier molecular flexibility index (Phi) is 3.26. The predicted molar refractivity (Wildman–Crippen MR) is 58.8 cm³/mol. The lowest BCUT2D eigenvalue weighted by Crippen LogP contribution is -2.03. The monoisotopic (exact) mass is 240 g/mol. The summed E-state index contributed by atoms with van der Waals surface area (Å²) in [5, 5.41) is 0.399. The molecule has 0 saturated carbocycles. The molecule has 0 radical (unpaired) electrons. The normalized spacial score (nSPS) is 10.2. The molecule has 0 fully saturated rings. The third-order valence-corrected chi connectivity index (χ3v) is 2.77. The fourth-order valence-electron chi connectivity index (χ4n) is 1.33. The standard InChI is InChI=1S/C11H13BrO/c1-7-4-9(3)10(5-8(7)2)11(13)6-12/h4-5H,6H2,1-3H3. The van der Waals surface area contributed by atoms with Crippen molar-refractivity contribution in [3.8, 4) is 0 Å². The number of carbonyl (C=O) groups excluding carboxylic acids is 1. The van der Waals surface area contributed by atoms with E-state index in [0.717, 1.165) is 11.1 Å². The van der Waals surface area contributed by atoms with Crippen LogP contribution in [0.15, 0.2) is 12.1 Å². The third kappa shape index (κ3) is 2.19. The highest BCUT2D eigenvalue weighted by atomic mass is 79.9. The van der Waals surface area contributed by atoms with Gasteiger partial charge in [0, 0.05) is 5.56 Å². The maximum Gasteiger partial charge on any atom is 0.173 e. The summed E-state index contributed by atoms with van der Waals surface area (Å²) in [5.41, 5.74) is 4.31. The molecule has 0 unspecified atom stereocenters. The number of aryl methyl sites for hydroxylation is 3. The van der Waals surface area contributed by atoms with Gasteiger partial charge in [0.15, 0.2) is 5.78 Å². The zero-order chi connectivity index (χ0) is 10.0. The first-order chi connectivity index (χ1) is 6.06. The van der Waals surface area contributed by atoms with Crippen LogP contribution in [0, 0.1) is 20.8 Å². The molecular formula is C11H13BrO. The number of alkyl halides is 1. The van der Waals surface area contributed by atoms with E-state index in [1.54, 1.807) is 0 Å². The van der Waals surface area contributed by atoms with Gasteiger partial charge in [-0.05, 0) is 43.5 Å². The Bertz CT molecular complexity index is 342. The van der Waals surface area contributed by atoms with E-state index in [2.05, 4.69) is 28.9 Å². The molecule has 13 heavy (non-hydrogen) atoms. The molecule has 0 aromatic heterocycles. The van der Waals surface area contributed by atoms with Crippen molar-refractivity contribution in [3.05, 3.63) is 34.4 Å². The van der Waals surface area contributed by atoms with Crippen molar-refractivity contribution < 1.29 is 4.79 Å². The number of halogens is 1. The minimum absolute atomic E-state index is 0.153. The van der Waals surface area contributed by atoms with E-state index in [1.165, 1.54) is 11.1 Å². The fraction of sp³-hybridized carbons (Fsp3) is 0.364. The van der Waals surface area contributed by atoms with Crippen molar-refractivity contribution in [1.82, 2.24) is 0 Å². The van der Waals surface area contributed by atoms with Gasteiger partial charge in [-0.25, -0.2) is 0 Å². The number of rotatable bonds is 2. The molecule has 0 spiro atoms. The smallest absolute Gasteiger partial charge is 0.173 e. The Hall–Kier alpha value is -0.630. The number of Topliss-reactive ketones (excluding diaryl/α,β-unsaturated/α-hetero) is 1. The average molecular weight is 241 g/mol. The first-order valence-electron chi connectivity index (χ1n) is 4.23. The minimum Gasteiger partial charge on any atom is -0.293 e. The average Bonchev–Trinajstić information content (AvgIpc) is 2.10. The van der Waals surface area contributed by atoms with E-state index in [-0.39, 0.29) is 5.78 Å². The third-order valence-electron chi connectivity index (χ3n) is 2.26. The van der Waals surface area contributed by atoms with Gasteiger partial charge in [-0.2, -0.15) is 0 Å². The first kappa shape index (κ1) is 10.5. The van der Waals surface area contributed by atoms with Gasteiger partial charge < -0.3 is 0 Å². The molecule has 0 aliphatic heterocycles. The van der Waals surface area contributed by atoms with E-state index in [1.807, 2.05) is 19.9 Å². The van der Waals surface area contributed by atoms with Crippen molar-refractivity contribution >= 4 is 21.7 Å². The number of carbonyl (C=O) groups is 1. The van der Waals surface area contributed by atoms with Crippen molar-refractivity contribution in [2.24, 2.45) is 0 Å². The Morgan fingerprint density at radius 2 is 1.69 bits per heavy atom. The molecule has 0 aliphatic rings. The van der Waals surface area contributed by atoms with Gasteiger partial charge in [0.1, 0.15) is 0 Å². The van der Waals surface area contributed by atoms with Crippen LogP contribution < -0.4 is 0 Å². The molecule has 1 nitrogen and oxygen atoms in total. The van der Waals surface area contributed by atoms with Crippen LogP contribution in [0.2, 0.25) is 0 Å². The summed E-state index contributed by atoms with van der Waals surface area (Å²) in [5.74, 6) is 0.153. The second-order valence-corrected chi connectivity index (χ2v) is 3.87.